The van der Waals surface area contributed by atoms with E-state index in [1.165, 1.54) is 11.3 Å². The molecule has 2 aliphatic rings. The number of carbonyl (C=O) groups is 2. The zero-order valence-electron chi connectivity index (χ0n) is 21.9. The molecule has 0 N–H and O–H groups in total. The second-order valence-electron chi connectivity index (χ2n) is 10.1. The molecule has 0 saturated carbocycles. The van der Waals surface area contributed by atoms with Crippen molar-refractivity contribution in [3.63, 3.8) is 0 Å². The highest BCUT2D eigenvalue weighted by molar-refractivity contribution is 5.96. The number of benzene rings is 3. The number of ether oxygens (including phenoxy) is 1. The van der Waals surface area contributed by atoms with E-state index in [-0.39, 0.29) is 23.7 Å². The first-order valence-electron chi connectivity index (χ1n) is 13.0. The molecule has 0 bridgehead atoms. The molecule has 6 heteroatoms. The molecule has 5 rings (SSSR count). The molecule has 0 unspecified atom stereocenters. The van der Waals surface area contributed by atoms with E-state index in [0.29, 0.717) is 31.7 Å². The fourth-order valence-electron chi connectivity index (χ4n) is 5.71. The number of hydrogen-bond acceptors (Lipinski definition) is 4. The van der Waals surface area contributed by atoms with Crippen LogP contribution in [0.1, 0.15) is 33.0 Å². The van der Waals surface area contributed by atoms with Gasteiger partial charge < -0.3 is 19.4 Å². The predicted molar refractivity (Wildman–Crippen MR) is 146 cm³/mol. The lowest BCUT2D eigenvalue weighted by molar-refractivity contribution is -0.135. The summed E-state index contributed by atoms with van der Waals surface area (Å²) < 4.78 is 5.34. The number of carbonyl (C=O) groups excluding carboxylic acids is 2. The highest BCUT2D eigenvalue weighted by atomic mass is 16.5. The first-order valence-corrected chi connectivity index (χ1v) is 13.0. The van der Waals surface area contributed by atoms with E-state index in [1.807, 2.05) is 65.3 Å². The molecular formula is C31H35N3O3. The van der Waals surface area contributed by atoms with Crippen LogP contribution in [-0.2, 0) is 4.79 Å². The lowest BCUT2D eigenvalue weighted by atomic mass is 9.87. The lowest BCUT2D eigenvalue weighted by Gasteiger charge is -2.38. The Labute approximate surface area is 219 Å². The third-order valence-electron chi connectivity index (χ3n) is 7.89. The minimum absolute atomic E-state index is 0.00344. The third-order valence-corrected chi connectivity index (χ3v) is 7.89. The normalized spacial score (nSPS) is 19.7. The number of methoxy groups -OCH3 is 1. The maximum atomic E-state index is 13.9. The molecule has 2 heterocycles. The summed E-state index contributed by atoms with van der Waals surface area (Å²) in [5, 5.41) is 0. The molecule has 0 spiro atoms. The molecule has 3 aromatic carbocycles. The summed E-state index contributed by atoms with van der Waals surface area (Å²) >= 11 is 0. The minimum atomic E-state index is -0.272. The van der Waals surface area contributed by atoms with E-state index in [0.717, 1.165) is 30.0 Å². The zero-order valence-corrected chi connectivity index (χ0v) is 21.9. The molecule has 0 aliphatic carbocycles. The number of piperazine rings is 1. The molecule has 2 amide bonds. The Morgan fingerprint density at radius 3 is 2.05 bits per heavy atom. The molecule has 0 aromatic heterocycles. The topological polar surface area (TPSA) is 53.1 Å². The number of hydrogen-bond donors (Lipinski definition) is 0. The number of amides is 2. The Morgan fingerprint density at radius 2 is 1.41 bits per heavy atom. The van der Waals surface area contributed by atoms with Crippen LogP contribution in [0, 0.1) is 19.8 Å². The van der Waals surface area contributed by atoms with Crippen LogP contribution in [0.15, 0.2) is 72.8 Å². The van der Waals surface area contributed by atoms with Gasteiger partial charge in [-0.15, -0.1) is 0 Å². The van der Waals surface area contributed by atoms with Gasteiger partial charge in [0.2, 0.25) is 5.91 Å². The van der Waals surface area contributed by atoms with Crippen LogP contribution in [0.4, 0.5) is 5.69 Å². The third kappa shape index (κ3) is 5.06. The van der Waals surface area contributed by atoms with Gasteiger partial charge in [0, 0.05) is 56.4 Å². The van der Waals surface area contributed by atoms with Crippen LogP contribution < -0.4 is 9.64 Å². The van der Waals surface area contributed by atoms with Crippen molar-refractivity contribution in [2.75, 3.05) is 51.3 Å². The van der Waals surface area contributed by atoms with Crippen molar-refractivity contribution in [2.24, 2.45) is 5.92 Å². The van der Waals surface area contributed by atoms with Crippen molar-refractivity contribution in [1.29, 1.82) is 0 Å². The molecule has 2 saturated heterocycles. The lowest BCUT2D eigenvalue weighted by Crippen LogP contribution is -2.51. The fourth-order valence-corrected chi connectivity index (χ4v) is 5.71. The maximum absolute atomic E-state index is 13.9. The molecule has 3 aromatic rings. The van der Waals surface area contributed by atoms with Crippen molar-refractivity contribution >= 4 is 17.5 Å². The Balaban J connectivity index is 1.35. The Bertz CT molecular complexity index is 1260. The number of likely N-dealkylation sites (tertiary alicyclic amines) is 1. The van der Waals surface area contributed by atoms with Crippen molar-refractivity contribution in [1.82, 2.24) is 9.80 Å². The Morgan fingerprint density at radius 1 is 0.757 bits per heavy atom. The van der Waals surface area contributed by atoms with Crippen molar-refractivity contribution < 1.29 is 14.3 Å². The number of aryl methyl sites for hydroxylation is 2. The van der Waals surface area contributed by atoms with Gasteiger partial charge in [-0.1, -0.05) is 48.5 Å². The Kier molecular flexibility index (Phi) is 7.17. The molecule has 192 valence electrons. The molecule has 0 radical (unpaired) electrons. The summed E-state index contributed by atoms with van der Waals surface area (Å²) in [6, 6.07) is 24.0. The van der Waals surface area contributed by atoms with Gasteiger partial charge in [0.1, 0.15) is 5.75 Å². The quantitative estimate of drug-likeness (QED) is 0.520. The Hall–Kier alpha value is -3.80. The number of anilines is 1. The standard InChI is InChI=1S/C31H35N3O3/c1-22-8-4-6-10-26(22)30(35)34-20-27(24-12-14-25(37-3)15-13-24)28(21-34)31(36)33-18-16-32(17-19-33)29-11-7-5-9-23(29)2/h4-15,27-28H,16-21H2,1-3H3/t27-,28-/m0/s1. The van der Waals surface area contributed by atoms with Gasteiger partial charge in [-0.05, 0) is 54.8 Å². The van der Waals surface area contributed by atoms with Gasteiger partial charge in [-0.3, -0.25) is 9.59 Å². The van der Waals surface area contributed by atoms with Gasteiger partial charge in [0.25, 0.3) is 5.91 Å². The summed E-state index contributed by atoms with van der Waals surface area (Å²) in [6.07, 6.45) is 0. The highest BCUT2D eigenvalue weighted by Gasteiger charge is 2.43. The van der Waals surface area contributed by atoms with Gasteiger partial charge in [-0.25, -0.2) is 0 Å². The minimum Gasteiger partial charge on any atom is -0.497 e. The first-order chi connectivity index (χ1) is 18.0. The van der Waals surface area contributed by atoms with Crippen LogP contribution in [0.3, 0.4) is 0 Å². The van der Waals surface area contributed by atoms with E-state index in [9.17, 15) is 9.59 Å². The van der Waals surface area contributed by atoms with Gasteiger partial charge in [-0.2, -0.15) is 0 Å². The highest BCUT2D eigenvalue weighted by Crippen LogP contribution is 2.36. The predicted octanol–water partition coefficient (Wildman–Crippen LogP) is 4.52. The van der Waals surface area contributed by atoms with E-state index in [1.54, 1.807) is 7.11 Å². The summed E-state index contributed by atoms with van der Waals surface area (Å²) in [5.41, 5.74) is 5.22. The average molecular weight is 498 g/mol. The van der Waals surface area contributed by atoms with Gasteiger partial charge in [0.05, 0.1) is 13.0 Å². The molecule has 2 aliphatic heterocycles. The average Bonchev–Trinajstić information content (AvgIpc) is 3.38. The monoisotopic (exact) mass is 497 g/mol. The van der Waals surface area contributed by atoms with E-state index >= 15 is 0 Å². The summed E-state index contributed by atoms with van der Waals surface area (Å²) in [5.74, 6) is 0.596. The van der Waals surface area contributed by atoms with Crippen LogP contribution in [0.2, 0.25) is 0 Å². The number of para-hydroxylation sites is 1. The second kappa shape index (κ2) is 10.7. The molecule has 2 atom stereocenters. The second-order valence-corrected chi connectivity index (χ2v) is 10.1. The maximum Gasteiger partial charge on any atom is 0.254 e. The summed E-state index contributed by atoms with van der Waals surface area (Å²) in [7, 11) is 1.65. The van der Waals surface area contributed by atoms with Crippen molar-refractivity contribution in [3.05, 3.63) is 95.1 Å². The van der Waals surface area contributed by atoms with Crippen molar-refractivity contribution in [2.45, 2.75) is 19.8 Å². The SMILES string of the molecule is COc1ccc([C@@H]2CN(C(=O)c3ccccc3C)C[C@@H]2C(=O)N2CCN(c3ccccc3C)CC2)cc1. The first kappa shape index (κ1) is 24.9. The van der Waals surface area contributed by atoms with Crippen LogP contribution in [-0.4, -0.2) is 68.0 Å². The fraction of sp³-hybridized carbons (Fsp3) is 0.355. The number of nitrogens with zero attached hydrogens (tertiary/aromatic N) is 3. The smallest absolute Gasteiger partial charge is 0.254 e. The molecule has 2 fully saturated rings. The van der Waals surface area contributed by atoms with Gasteiger partial charge in [0.15, 0.2) is 0 Å². The number of rotatable bonds is 5. The molecular weight excluding hydrogens is 462 g/mol. The van der Waals surface area contributed by atoms with Gasteiger partial charge >= 0.3 is 0 Å². The van der Waals surface area contributed by atoms with Crippen LogP contribution in [0.25, 0.3) is 0 Å². The van der Waals surface area contributed by atoms with E-state index in [4.69, 9.17) is 4.74 Å². The van der Waals surface area contributed by atoms with Crippen LogP contribution >= 0.6 is 0 Å². The van der Waals surface area contributed by atoms with E-state index in [2.05, 4.69) is 36.1 Å². The summed E-state index contributed by atoms with van der Waals surface area (Å²) in [6.45, 7) is 8.03. The molecule has 37 heavy (non-hydrogen) atoms. The van der Waals surface area contributed by atoms with Crippen molar-refractivity contribution in [3.8, 4) is 5.75 Å². The van der Waals surface area contributed by atoms with Crippen LogP contribution in [0.5, 0.6) is 5.75 Å². The molecule has 6 nitrogen and oxygen atoms in total. The largest absolute Gasteiger partial charge is 0.497 e. The van der Waals surface area contributed by atoms with E-state index < -0.39 is 0 Å². The zero-order chi connectivity index (χ0) is 25.9. The summed E-state index contributed by atoms with van der Waals surface area (Å²) in [4.78, 5) is 33.7.